The number of nitrogens with two attached hydrogens (primary N) is 1. The zero-order valence-corrected chi connectivity index (χ0v) is 12.8. The van der Waals surface area contributed by atoms with E-state index in [0.29, 0.717) is 18.8 Å². The minimum atomic E-state index is -0.259. The molecule has 0 spiro atoms. The summed E-state index contributed by atoms with van der Waals surface area (Å²) in [6.07, 6.45) is 0.597. The zero-order chi connectivity index (χ0) is 15.4. The van der Waals surface area contributed by atoms with E-state index in [2.05, 4.69) is 26.0 Å². The first-order valence-corrected chi connectivity index (χ1v) is 7.19. The molecule has 0 radical (unpaired) electrons. The first-order valence-electron chi connectivity index (χ1n) is 7.19. The molecular formula is C18H22FNO. The van der Waals surface area contributed by atoms with E-state index < -0.39 is 0 Å². The lowest BCUT2D eigenvalue weighted by atomic mass is 10.0. The van der Waals surface area contributed by atoms with Crippen LogP contribution >= 0.6 is 0 Å². The van der Waals surface area contributed by atoms with E-state index in [1.165, 1.54) is 28.8 Å². The van der Waals surface area contributed by atoms with Gasteiger partial charge in [0.25, 0.3) is 0 Å². The highest BCUT2D eigenvalue weighted by molar-refractivity contribution is 5.37. The summed E-state index contributed by atoms with van der Waals surface area (Å²) in [4.78, 5) is 0. The second kappa shape index (κ2) is 6.72. The Balaban J connectivity index is 2.20. The molecule has 0 heterocycles. The standard InChI is InChI=1S/C18H22FNO/c1-12-5-4-6-13(2)17(12)11-21-18-8-7-16(19)10-15(18)9-14(3)20/h4-8,10,14H,9,11,20H2,1-3H3. The minimum absolute atomic E-state index is 0.0330. The molecule has 0 bridgehead atoms. The van der Waals surface area contributed by atoms with Crippen LogP contribution in [0.1, 0.15) is 29.2 Å². The van der Waals surface area contributed by atoms with Crippen molar-refractivity contribution in [2.45, 2.75) is 39.8 Å². The predicted octanol–water partition coefficient (Wildman–Crippen LogP) is 3.91. The van der Waals surface area contributed by atoms with Crippen molar-refractivity contribution < 1.29 is 9.13 Å². The highest BCUT2D eigenvalue weighted by atomic mass is 19.1. The summed E-state index contributed by atoms with van der Waals surface area (Å²) in [6.45, 7) is 6.52. The van der Waals surface area contributed by atoms with Crippen LogP contribution in [0, 0.1) is 19.7 Å². The van der Waals surface area contributed by atoms with Gasteiger partial charge in [-0.05, 0) is 67.6 Å². The van der Waals surface area contributed by atoms with Crippen molar-refractivity contribution in [3.63, 3.8) is 0 Å². The molecule has 2 aromatic carbocycles. The van der Waals surface area contributed by atoms with Crippen LogP contribution in [0.15, 0.2) is 36.4 Å². The van der Waals surface area contributed by atoms with Gasteiger partial charge in [0.1, 0.15) is 18.2 Å². The lowest BCUT2D eigenvalue weighted by Gasteiger charge is -2.15. The molecule has 112 valence electrons. The Hall–Kier alpha value is -1.87. The summed E-state index contributed by atoms with van der Waals surface area (Å²) in [5.41, 5.74) is 10.2. The van der Waals surface area contributed by atoms with E-state index in [0.717, 1.165) is 5.56 Å². The Morgan fingerprint density at radius 2 is 1.81 bits per heavy atom. The average molecular weight is 287 g/mol. The van der Waals surface area contributed by atoms with Crippen LogP contribution in [-0.2, 0) is 13.0 Å². The molecule has 3 heteroatoms. The minimum Gasteiger partial charge on any atom is -0.489 e. The topological polar surface area (TPSA) is 35.2 Å². The molecule has 2 N–H and O–H groups in total. The van der Waals surface area contributed by atoms with Crippen molar-refractivity contribution in [3.8, 4) is 5.75 Å². The maximum absolute atomic E-state index is 13.4. The van der Waals surface area contributed by atoms with Gasteiger partial charge in [0.15, 0.2) is 0 Å². The molecule has 2 nitrogen and oxygen atoms in total. The van der Waals surface area contributed by atoms with Gasteiger partial charge in [-0.2, -0.15) is 0 Å². The highest BCUT2D eigenvalue weighted by Gasteiger charge is 2.09. The Labute approximate surface area is 125 Å². The number of halogens is 1. The van der Waals surface area contributed by atoms with E-state index in [9.17, 15) is 4.39 Å². The van der Waals surface area contributed by atoms with Gasteiger partial charge in [-0.1, -0.05) is 18.2 Å². The molecule has 1 unspecified atom stereocenters. The van der Waals surface area contributed by atoms with Crippen LogP contribution < -0.4 is 10.5 Å². The molecule has 0 aliphatic rings. The first-order chi connectivity index (χ1) is 9.97. The number of aryl methyl sites for hydroxylation is 2. The van der Waals surface area contributed by atoms with Gasteiger partial charge >= 0.3 is 0 Å². The van der Waals surface area contributed by atoms with Gasteiger partial charge in [0.05, 0.1) is 0 Å². The lowest BCUT2D eigenvalue weighted by Crippen LogP contribution is -2.18. The number of rotatable bonds is 5. The second-order valence-electron chi connectivity index (χ2n) is 5.59. The van der Waals surface area contributed by atoms with Crippen molar-refractivity contribution in [2.75, 3.05) is 0 Å². The molecule has 0 saturated carbocycles. The van der Waals surface area contributed by atoms with E-state index in [4.69, 9.17) is 10.5 Å². The van der Waals surface area contributed by atoms with Crippen LogP contribution in [0.3, 0.4) is 0 Å². The number of hydrogen-bond acceptors (Lipinski definition) is 2. The Bertz CT molecular complexity index is 602. The van der Waals surface area contributed by atoms with Crippen molar-refractivity contribution in [3.05, 3.63) is 64.5 Å². The summed E-state index contributed by atoms with van der Waals surface area (Å²) < 4.78 is 19.3. The van der Waals surface area contributed by atoms with Crippen LogP contribution in [0.5, 0.6) is 5.75 Å². The van der Waals surface area contributed by atoms with E-state index in [1.54, 1.807) is 6.07 Å². The van der Waals surface area contributed by atoms with Gasteiger partial charge in [0, 0.05) is 6.04 Å². The van der Waals surface area contributed by atoms with Crippen molar-refractivity contribution >= 4 is 0 Å². The molecule has 0 saturated heterocycles. The highest BCUT2D eigenvalue weighted by Crippen LogP contribution is 2.23. The predicted molar refractivity (Wildman–Crippen MR) is 84.0 cm³/mol. The van der Waals surface area contributed by atoms with Gasteiger partial charge in [0.2, 0.25) is 0 Å². The summed E-state index contributed by atoms with van der Waals surface area (Å²) in [5, 5.41) is 0. The van der Waals surface area contributed by atoms with Crippen LogP contribution in [0.25, 0.3) is 0 Å². The van der Waals surface area contributed by atoms with Crippen molar-refractivity contribution in [2.24, 2.45) is 5.73 Å². The van der Waals surface area contributed by atoms with Crippen molar-refractivity contribution in [1.29, 1.82) is 0 Å². The van der Waals surface area contributed by atoms with Crippen molar-refractivity contribution in [1.82, 2.24) is 0 Å². The van der Waals surface area contributed by atoms with E-state index in [1.807, 2.05) is 13.0 Å². The number of ether oxygens (including phenoxy) is 1. The Kier molecular flexibility index (Phi) is 4.97. The third-order valence-corrected chi connectivity index (χ3v) is 3.58. The fourth-order valence-corrected chi connectivity index (χ4v) is 2.42. The largest absolute Gasteiger partial charge is 0.489 e. The third kappa shape index (κ3) is 4.05. The molecule has 0 aromatic heterocycles. The van der Waals surface area contributed by atoms with Crippen LogP contribution in [0.2, 0.25) is 0 Å². The maximum atomic E-state index is 13.4. The SMILES string of the molecule is Cc1cccc(C)c1COc1ccc(F)cc1CC(C)N. The second-order valence-corrected chi connectivity index (χ2v) is 5.59. The molecular weight excluding hydrogens is 265 g/mol. The quantitative estimate of drug-likeness (QED) is 0.905. The Morgan fingerprint density at radius 1 is 1.14 bits per heavy atom. The lowest BCUT2D eigenvalue weighted by molar-refractivity contribution is 0.300. The zero-order valence-electron chi connectivity index (χ0n) is 12.8. The van der Waals surface area contributed by atoms with Crippen LogP contribution in [0.4, 0.5) is 4.39 Å². The Morgan fingerprint density at radius 3 is 2.43 bits per heavy atom. The molecule has 0 aliphatic heterocycles. The van der Waals surface area contributed by atoms with E-state index >= 15 is 0 Å². The monoisotopic (exact) mass is 287 g/mol. The fourth-order valence-electron chi connectivity index (χ4n) is 2.42. The molecule has 0 fully saturated rings. The molecule has 2 rings (SSSR count). The van der Waals surface area contributed by atoms with E-state index in [-0.39, 0.29) is 11.9 Å². The maximum Gasteiger partial charge on any atom is 0.123 e. The molecule has 0 aliphatic carbocycles. The third-order valence-electron chi connectivity index (χ3n) is 3.58. The summed E-state index contributed by atoms with van der Waals surface area (Å²) in [6, 6.07) is 10.7. The fraction of sp³-hybridized carbons (Fsp3) is 0.333. The number of benzene rings is 2. The van der Waals surface area contributed by atoms with Gasteiger partial charge in [-0.25, -0.2) is 4.39 Å². The molecule has 21 heavy (non-hydrogen) atoms. The van der Waals surface area contributed by atoms with Gasteiger partial charge in [-0.3, -0.25) is 0 Å². The summed E-state index contributed by atoms with van der Waals surface area (Å²) >= 11 is 0. The van der Waals surface area contributed by atoms with Gasteiger partial charge in [-0.15, -0.1) is 0 Å². The van der Waals surface area contributed by atoms with Gasteiger partial charge < -0.3 is 10.5 Å². The average Bonchev–Trinajstić information content (AvgIpc) is 2.39. The number of hydrogen-bond donors (Lipinski definition) is 1. The molecule has 1 atom stereocenters. The summed E-state index contributed by atoms with van der Waals surface area (Å²) in [5.74, 6) is 0.446. The summed E-state index contributed by atoms with van der Waals surface area (Å²) in [7, 11) is 0. The van der Waals surface area contributed by atoms with Crippen LogP contribution in [-0.4, -0.2) is 6.04 Å². The first kappa shape index (κ1) is 15.5. The smallest absolute Gasteiger partial charge is 0.123 e. The molecule has 2 aromatic rings. The molecule has 0 amide bonds. The normalized spacial score (nSPS) is 12.2.